The van der Waals surface area contributed by atoms with E-state index in [0.717, 1.165) is 11.8 Å². The van der Waals surface area contributed by atoms with E-state index in [4.69, 9.17) is 23.2 Å². The lowest BCUT2D eigenvalue weighted by Crippen LogP contribution is -2.35. The molecule has 2 rings (SSSR count). The average molecular weight is 346 g/mol. The van der Waals surface area contributed by atoms with Gasteiger partial charge < -0.3 is 10.6 Å². The van der Waals surface area contributed by atoms with Gasteiger partial charge in [0.05, 0.1) is 16.5 Å². The summed E-state index contributed by atoms with van der Waals surface area (Å²) in [5.74, 6) is -1.33. The first-order chi connectivity index (χ1) is 9.94. The van der Waals surface area contributed by atoms with Crippen LogP contribution in [0.4, 0.5) is 5.69 Å². The molecular weight excluding hydrogens is 337 g/mol. The Morgan fingerprint density at radius 1 is 1.38 bits per heavy atom. The summed E-state index contributed by atoms with van der Waals surface area (Å²) in [5.41, 5.74) is 0.428. The van der Waals surface area contributed by atoms with Gasteiger partial charge in [-0.25, -0.2) is 0 Å². The second kappa shape index (κ2) is 6.93. The standard InChI is InChI=1S/C12H9Cl2N3O3S/c13-6-1-2-8(7(14)3-6)15-11(20)5-21-12-16-9(18)4-10(19)17-12/h1-3H,4-5H2,(H,15,20)(H,16,17,18,19). The molecule has 0 saturated carbocycles. The first-order valence-corrected chi connectivity index (χ1v) is 7.47. The van der Waals surface area contributed by atoms with Gasteiger partial charge in [-0.15, -0.1) is 0 Å². The van der Waals surface area contributed by atoms with Crippen molar-refractivity contribution < 1.29 is 14.4 Å². The van der Waals surface area contributed by atoms with Gasteiger partial charge in [-0.05, 0) is 18.2 Å². The van der Waals surface area contributed by atoms with E-state index in [9.17, 15) is 14.4 Å². The van der Waals surface area contributed by atoms with Gasteiger partial charge in [-0.2, -0.15) is 4.99 Å². The molecule has 0 aromatic heterocycles. The van der Waals surface area contributed by atoms with Crippen molar-refractivity contribution >= 4 is 63.5 Å². The molecule has 6 nitrogen and oxygen atoms in total. The van der Waals surface area contributed by atoms with Gasteiger partial charge in [0.15, 0.2) is 5.17 Å². The molecule has 9 heteroatoms. The fourth-order valence-electron chi connectivity index (χ4n) is 1.46. The predicted octanol–water partition coefficient (Wildman–Crippen LogP) is 2.07. The van der Waals surface area contributed by atoms with E-state index in [1.807, 2.05) is 0 Å². The van der Waals surface area contributed by atoms with Crippen LogP contribution in [-0.2, 0) is 14.4 Å². The number of nitrogens with zero attached hydrogens (tertiary/aromatic N) is 1. The minimum atomic E-state index is -0.526. The summed E-state index contributed by atoms with van der Waals surface area (Å²) in [6, 6.07) is 4.69. The highest BCUT2D eigenvalue weighted by Gasteiger charge is 2.19. The molecule has 0 unspecified atom stereocenters. The molecule has 21 heavy (non-hydrogen) atoms. The number of carbonyl (C=O) groups excluding carboxylic acids is 3. The van der Waals surface area contributed by atoms with E-state index in [1.165, 1.54) is 6.07 Å². The first kappa shape index (κ1) is 15.8. The molecule has 0 atom stereocenters. The average Bonchev–Trinajstić information content (AvgIpc) is 2.39. The lowest BCUT2D eigenvalue weighted by Gasteiger charge is -2.12. The Bertz CT molecular complexity index is 649. The zero-order valence-electron chi connectivity index (χ0n) is 10.5. The van der Waals surface area contributed by atoms with Crippen LogP contribution < -0.4 is 10.6 Å². The summed E-state index contributed by atoms with van der Waals surface area (Å²) in [7, 11) is 0. The lowest BCUT2D eigenvalue weighted by atomic mass is 10.3. The summed E-state index contributed by atoms with van der Waals surface area (Å²) in [5, 5.41) is 5.91. The largest absolute Gasteiger partial charge is 0.324 e. The molecule has 0 radical (unpaired) electrons. The molecule has 1 heterocycles. The maximum Gasteiger partial charge on any atom is 0.257 e. The Morgan fingerprint density at radius 3 is 2.81 bits per heavy atom. The number of rotatable bonds is 3. The quantitative estimate of drug-likeness (QED) is 0.821. The van der Waals surface area contributed by atoms with Crippen LogP contribution in [0.25, 0.3) is 0 Å². The molecule has 0 aliphatic carbocycles. The van der Waals surface area contributed by atoms with E-state index in [2.05, 4.69) is 15.6 Å². The molecular formula is C12H9Cl2N3O3S. The Balaban J connectivity index is 1.90. The number of amides is 3. The van der Waals surface area contributed by atoms with E-state index < -0.39 is 11.8 Å². The second-order valence-corrected chi connectivity index (χ2v) is 5.80. The molecule has 0 fully saturated rings. The third kappa shape index (κ3) is 4.73. The highest BCUT2D eigenvalue weighted by molar-refractivity contribution is 8.14. The van der Waals surface area contributed by atoms with Crippen molar-refractivity contribution in [2.75, 3.05) is 11.1 Å². The number of thioether (sulfide) groups is 1. The fraction of sp³-hybridized carbons (Fsp3) is 0.167. The molecule has 0 spiro atoms. The molecule has 110 valence electrons. The Morgan fingerprint density at radius 2 is 2.14 bits per heavy atom. The summed E-state index contributed by atoms with van der Waals surface area (Å²) < 4.78 is 0. The summed E-state index contributed by atoms with van der Waals surface area (Å²) in [6.45, 7) is 0. The van der Waals surface area contributed by atoms with Crippen LogP contribution in [0.3, 0.4) is 0 Å². The summed E-state index contributed by atoms with van der Waals surface area (Å²) >= 11 is 12.6. The third-order valence-electron chi connectivity index (χ3n) is 2.33. The van der Waals surface area contributed by atoms with Crippen LogP contribution in [0.15, 0.2) is 23.2 Å². The van der Waals surface area contributed by atoms with Crippen LogP contribution in [0.1, 0.15) is 6.42 Å². The number of hydrogen-bond acceptors (Lipinski definition) is 4. The van der Waals surface area contributed by atoms with Crippen LogP contribution in [-0.4, -0.2) is 28.6 Å². The number of amidine groups is 1. The van der Waals surface area contributed by atoms with Gasteiger partial charge in [0.1, 0.15) is 6.42 Å². The molecule has 0 bridgehead atoms. The number of aliphatic imine (C=N–C) groups is 1. The zero-order valence-corrected chi connectivity index (χ0v) is 12.8. The van der Waals surface area contributed by atoms with Gasteiger partial charge in [0.25, 0.3) is 5.91 Å². The Hall–Kier alpha value is -1.57. The van der Waals surface area contributed by atoms with Gasteiger partial charge in [-0.1, -0.05) is 35.0 Å². The van der Waals surface area contributed by atoms with Crippen molar-refractivity contribution in [2.45, 2.75) is 6.42 Å². The van der Waals surface area contributed by atoms with Crippen molar-refractivity contribution in [3.8, 4) is 0 Å². The van der Waals surface area contributed by atoms with Gasteiger partial charge in [0, 0.05) is 5.02 Å². The number of nitrogens with one attached hydrogen (secondary N) is 2. The summed E-state index contributed by atoms with van der Waals surface area (Å²) in [6.07, 6.45) is -0.267. The third-order valence-corrected chi connectivity index (χ3v) is 3.75. The number of anilines is 1. The SMILES string of the molecule is O=C1CC(=O)NC(SCC(=O)Nc2ccc(Cl)cc2Cl)=N1. The van der Waals surface area contributed by atoms with E-state index in [-0.39, 0.29) is 23.2 Å². The number of benzene rings is 1. The van der Waals surface area contributed by atoms with Gasteiger partial charge >= 0.3 is 0 Å². The van der Waals surface area contributed by atoms with Crippen molar-refractivity contribution in [2.24, 2.45) is 4.99 Å². The van der Waals surface area contributed by atoms with Crippen LogP contribution in [0, 0.1) is 0 Å². The molecule has 1 aromatic carbocycles. The number of halogens is 2. The van der Waals surface area contributed by atoms with E-state index in [0.29, 0.717) is 15.7 Å². The monoisotopic (exact) mass is 345 g/mol. The van der Waals surface area contributed by atoms with Gasteiger partial charge in [-0.3, -0.25) is 14.4 Å². The van der Waals surface area contributed by atoms with Crippen molar-refractivity contribution in [3.63, 3.8) is 0 Å². The highest BCUT2D eigenvalue weighted by Crippen LogP contribution is 2.25. The minimum Gasteiger partial charge on any atom is -0.324 e. The van der Waals surface area contributed by atoms with Crippen molar-refractivity contribution in [1.82, 2.24) is 5.32 Å². The predicted molar refractivity (Wildman–Crippen MR) is 82.8 cm³/mol. The van der Waals surface area contributed by atoms with E-state index >= 15 is 0 Å². The normalized spacial score (nSPS) is 14.5. The highest BCUT2D eigenvalue weighted by atomic mass is 35.5. The van der Waals surface area contributed by atoms with Crippen molar-refractivity contribution in [1.29, 1.82) is 0 Å². The van der Waals surface area contributed by atoms with Crippen LogP contribution in [0.5, 0.6) is 0 Å². The minimum absolute atomic E-state index is 0.0225. The molecule has 0 saturated heterocycles. The summed E-state index contributed by atoms with van der Waals surface area (Å²) in [4.78, 5) is 37.6. The lowest BCUT2D eigenvalue weighted by molar-refractivity contribution is -0.127. The van der Waals surface area contributed by atoms with Crippen molar-refractivity contribution in [3.05, 3.63) is 28.2 Å². The fourth-order valence-corrected chi connectivity index (χ4v) is 2.61. The smallest absolute Gasteiger partial charge is 0.257 e. The zero-order chi connectivity index (χ0) is 15.4. The Kier molecular flexibility index (Phi) is 5.22. The molecule has 1 aliphatic rings. The molecule has 1 aliphatic heterocycles. The molecule has 2 N–H and O–H groups in total. The Labute approximate surface area is 134 Å². The van der Waals surface area contributed by atoms with E-state index in [1.54, 1.807) is 12.1 Å². The number of carbonyl (C=O) groups is 3. The molecule has 3 amide bonds. The van der Waals surface area contributed by atoms with Crippen LogP contribution in [0.2, 0.25) is 10.0 Å². The van der Waals surface area contributed by atoms with Gasteiger partial charge in [0.2, 0.25) is 11.8 Å². The second-order valence-electron chi connectivity index (χ2n) is 4.00. The van der Waals surface area contributed by atoms with Crippen LogP contribution >= 0.6 is 35.0 Å². The molecule has 1 aromatic rings. The number of hydrogen-bond donors (Lipinski definition) is 2. The first-order valence-electron chi connectivity index (χ1n) is 5.73. The topological polar surface area (TPSA) is 87.6 Å². The maximum absolute atomic E-state index is 11.8. The maximum atomic E-state index is 11.8.